The predicted octanol–water partition coefficient (Wildman–Crippen LogP) is 1.26. The van der Waals surface area contributed by atoms with Crippen LogP contribution in [0.3, 0.4) is 0 Å². The highest BCUT2D eigenvalue weighted by Crippen LogP contribution is 2.14. The van der Waals surface area contributed by atoms with Gasteiger partial charge in [-0.3, -0.25) is 4.68 Å². The minimum atomic E-state index is -4.27. The fourth-order valence-electron chi connectivity index (χ4n) is 1.40. The summed E-state index contributed by atoms with van der Waals surface area (Å²) in [6.07, 6.45) is 0.231. The highest BCUT2D eigenvalue weighted by atomic mass is 19.4. The first-order valence-electron chi connectivity index (χ1n) is 5.24. The molecule has 0 fully saturated rings. The van der Waals surface area contributed by atoms with Crippen molar-refractivity contribution in [1.29, 1.82) is 0 Å². The van der Waals surface area contributed by atoms with Gasteiger partial charge in [0.15, 0.2) is 0 Å². The third-order valence-electron chi connectivity index (χ3n) is 2.15. The number of alkyl halides is 3. The van der Waals surface area contributed by atoms with Gasteiger partial charge < -0.3 is 10.5 Å². The third-order valence-corrected chi connectivity index (χ3v) is 2.15. The Morgan fingerprint density at radius 1 is 1.53 bits per heavy atom. The molecular weight excluding hydrogens is 235 g/mol. The molecule has 1 unspecified atom stereocenters. The molecule has 0 spiro atoms. The Bertz CT molecular complexity index is 338. The second kappa shape index (κ2) is 6.02. The molecular formula is C10H16F3N3O. The minimum absolute atomic E-state index is 0.0148. The number of rotatable bonds is 6. The molecule has 0 radical (unpaired) electrons. The summed E-state index contributed by atoms with van der Waals surface area (Å²) in [6.45, 7) is -1.20. The Hall–Kier alpha value is -1.08. The van der Waals surface area contributed by atoms with Gasteiger partial charge in [-0.1, -0.05) is 0 Å². The lowest BCUT2D eigenvalue weighted by atomic mass is 10.1. The fraction of sp³-hybridized carbons (Fsp3) is 0.700. The number of halogens is 3. The first kappa shape index (κ1) is 14.0. The maximum Gasteiger partial charge on any atom is 0.411 e. The van der Waals surface area contributed by atoms with Gasteiger partial charge in [0.1, 0.15) is 6.61 Å². The molecule has 1 aromatic rings. The number of aromatic nitrogens is 2. The summed E-state index contributed by atoms with van der Waals surface area (Å²) in [6, 6.07) is -0.215. The van der Waals surface area contributed by atoms with Crippen LogP contribution in [0.15, 0.2) is 12.4 Å². The maximum absolute atomic E-state index is 11.8. The third kappa shape index (κ3) is 6.28. The van der Waals surface area contributed by atoms with Crippen LogP contribution in [0.2, 0.25) is 0 Å². The Balaban J connectivity index is 2.15. The second-order valence-corrected chi connectivity index (χ2v) is 3.94. The van der Waals surface area contributed by atoms with Crippen LogP contribution < -0.4 is 5.73 Å². The maximum atomic E-state index is 11.8. The summed E-state index contributed by atoms with van der Waals surface area (Å²) in [5, 5.41) is 3.98. The standard InChI is InChI=1S/C10H16F3N3O/c1-16-6-8(5-15-16)4-9(14)2-3-17-7-10(11,12)13/h5-6,9H,2-4,7,14H2,1H3. The van der Waals surface area contributed by atoms with Crippen molar-refractivity contribution >= 4 is 0 Å². The molecule has 0 aliphatic carbocycles. The monoisotopic (exact) mass is 251 g/mol. The summed E-state index contributed by atoms with van der Waals surface area (Å²) in [4.78, 5) is 0. The van der Waals surface area contributed by atoms with Crippen LogP contribution in [0.4, 0.5) is 13.2 Å². The first-order chi connectivity index (χ1) is 7.87. The van der Waals surface area contributed by atoms with Crippen LogP contribution in [-0.2, 0) is 18.2 Å². The van der Waals surface area contributed by atoms with E-state index < -0.39 is 12.8 Å². The Morgan fingerprint density at radius 3 is 2.76 bits per heavy atom. The molecule has 98 valence electrons. The number of nitrogens with two attached hydrogens (primary N) is 1. The zero-order chi connectivity index (χ0) is 12.9. The van der Waals surface area contributed by atoms with Crippen LogP contribution >= 0.6 is 0 Å². The number of hydrogen-bond donors (Lipinski definition) is 1. The van der Waals surface area contributed by atoms with E-state index in [1.807, 2.05) is 6.20 Å². The molecule has 0 bridgehead atoms. The van der Waals surface area contributed by atoms with Gasteiger partial charge in [-0.15, -0.1) is 0 Å². The molecule has 4 nitrogen and oxygen atoms in total. The number of aryl methyl sites for hydroxylation is 1. The van der Waals surface area contributed by atoms with Crippen molar-refractivity contribution in [3.05, 3.63) is 18.0 Å². The smallest absolute Gasteiger partial charge is 0.372 e. The summed E-state index contributed by atoms with van der Waals surface area (Å²) >= 11 is 0. The Labute approximate surface area is 97.5 Å². The van der Waals surface area contributed by atoms with E-state index in [9.17, 15) is 13.2 Å². The van der Waals surface area contributed by atoms with Crippen LogP contribution in [0.25, 0.3) is 0 Å². The highest BCUT2D eigenvalue weighted by molar-refractivity contribution is 5.05. The van der Waals surface area contributed by atoms with Crippen LogP contribution in [0, 0.1) is 0 Å². The van der Waals surface area contributed by atoms with Crippen molar-refractivity contribution in [3.63, 3.8) is 0 Å². The van der Waals surface area contributed by atoms with E-state index in [1.165, 1.54) is 0 Å². The van der Waals surface area contributed by atoms with Crippen LogP contribution in [-0.4, -0.2) is 35.2 Å². The molecule has 0 aromatic carbocycles. The summed E-state index contributed by atoms with van der Waals surface area (Å²) < 4.78 is 41.4. The topological polar surface area (TPSA) is 53.1 Å². The molecule has 2 N–H and O–H groups in total. The lowest BCUT2D eigenvalue weighted by molar-refractivity contribution is -0.174. The lowest BCUT2D eigenvalue weighted by Crippen LogP contribution is -2.26. The number of ether oxygens (including phenoxy) is 1. The van der Waals surface area contributed by atoms with Crippen molar-refractivity contribution < 1.29 is 17.9 Å². The molecule has 0 saturated heterocycles. The van der Waals surface area contributed by atoms with Crippen molar-refractivity contribution in [2.45, 2.75) is 25.1 Å². The van der Waals surface area contributed by atoms with E-state index in [-0.39, 0.29) is 12.6 Å². The summed E-state index contributed by atoms with van der Waals surface area (Å²) in [5.41, 5.74) is 6.73. The molecule has 1 rings (SSSR count). The van der Waals surface area contributed by atoms with E-state index in [0.29, 0.717) is 12.8 Å². The molecule has 17 heavy (non-hydrogen) atoms. The van der Waals surface area contributed by atoms with Gasteiger partial charge in [0, 0.05) is 25.9 Å². The van der Waals surface area contributed by atoms with Gasteiger partial charge in [0.05, 0.1) is 6.20 Å². The first-order valence-corrected chi connectivity index (χ1v) is 5.24. The van der Waals surface area contributed by atoms with E-state index in [1.54, 1.807) is 17.9 Å². The molecule has 1 atom stereocenters. The van der Waals surface area contributed by atoms with Crippen molar-refractivity contribution in [2.75, 3.05) is 13.2 Å². The number of hydrogen-bond acceptors (Lipinski definition) is 3. The van der Waals surface area contributed by atoms with Gasteiger partial charge in [-0.05, 0) is 18.4 Å². The molecule has 0 saturated carbocycles. The van der Waals surface area contributed by atoms with Gasteiger partial charge in [-0.25, -0.2) is 0 Å². The molecule has 7 heteroatoms. The van der Waals surface area contributed by atoms with Crippen LogP contribution in [0.1, 0.15) is 12.0 Å². The lowest BCUT2D eigenvalue weighted by Gasteiger charge is -2.11. The van der Waals surface area contributed by atoms with Crippen molar-refractivity contribution in [2.24, 2.45) is 12.8 Å². The average molecular weight is 251 g/mol. The highest BCUT2D eigenvalue weighted by Gasteiger charge is 2.27. The SMILES string of the molecule is Cn1cc(CC(N)CCOCC(F)(F)F)cn1. The zero-order valence-electron chi connectivity index (χ0n) is 9.57. The van der Waals surface area contributed by atoms with Gasteiger partial charge in [0.2, 0.25) is 0 Å². The average Bonchev–Trinajstić information content (AvgIpc) is 2.57. The van der Waals surface area contributed by atoms with Gasteiger partial charge in [0.25, 0.3) is 0 Å². The quantitative estimate of drug-likeness (QED) is 0.774. The Morgan fingerprint density at radius 2 is 2.24 bits per heavy atom. The zero-order valence-corrected chi connectivity index (χ0v) is 9.57. The van der Waals surface area contributed by atoms with Gasteiger partial charge >= 0.3 is 6.18 Å². The summed E-state index contributed by atoms with van der Waals surface area (Å²) in [5.74, 6) is 0. The minimum Gasteiger partial charge on any atom is -0.372 e. The molecule has 1 aromatic heterocycles. The fourth-order valence-corrected chi connectivity index (χ4v) is 1.40. The van der Waals surface area contributed by atoms with Crippen molar-refractivity contribution in [1.82, 2.24) is 9.78 Å². The largest absolute Gasteiger partial charge is 0.411 e. The van der Waals surface area contributed by atoms with E-state index in [4.69, 9.17) is 5.73 Å². The molecule has 1 heterocycles. The predicted molar refractivity (Wildman–Crippen MR) is 56.4 cm³/mol. The Kier molecular flexibility index (Phi) is 4.95. The molecule has 0 amide bonds. The van der Waals surface area contributed by atoms with E-state index in [2.05, 4.69) is 9.84 Å². The van der Waals surface area contributed by atoms with E-state index in [0.717, 1.165) is 5.56 Å². The molecule has 0 aliphatic heterocycles. The number of nitrogens with zero attached hydrogens (tertiary/aromatic N) is 2. The van der Waals surface area contributed by atoms with E-state index >= 15 is 0 Å². The van der Waals surface area contributed by atoms with Crippen LogP contribution in [0.5, 0.6) is 0 Å². The van der Waals surface area contributed by atoms with Gasteiger partial charge in [-0.2, -0.15) is 18.3 Å². The normalized spacial score (nSPS) is 13.9. The van der Waals surface area contributed by atoms with Crippen molar-refractivity contribution in [3.8, 4) is 0 Å². The molecule has 0 aliphatic rings. The summed E-state index contributed by atoms with van der Waals surface area (Å²) in [7, 11) is 1.79. The second-order valence-electron chi connectivity index (χ2n) is 3.94.